The normalized spacial score (nSPS) is 14.9. The van der Waals surface area contributed by atoms with Crippen LogP contribution in [0.15, 0.2) is 21.7 Å². The average Bonchev–Trinajstić information content (AvgIpc) is 2.99. The van der Waals surface area contributed by atoms with Crippen LogP contribution in [0.3, 0.4) is 0 Å². The van der Waals surface area contributed by atoms with Gasteiger partial charge in [-0.3, -0.25) is 4.79 Å². The fourth-order valence-electron chi connectivity index (χ4n) is 1.75. The van der Waals surface area contributed by atoms with Gasteiger partial charge in [-0.1, -0.05) is 17.4 Å². The maximum absolute atomic E-state index is 11.9. The Balaban J connectivity index is 1.46. The summed E-state index contributed by atoms with van der Waals surface area (Å²) in [6, 6.07) is 3.19. The summed E-state index contributed by atoms with van der Waals surface area (Å²) in [6.45, 7) is 0.0420. The molecule has 1 amide bonds. The molecule has 2 aromatic heterocycles. The maximum Gasteiger partial charge on any atom is 0.250 e. The maximum atomic E-state index is 11.9. The van der Waals surface area contributed by atoms with E-state index in [9.17, 15) is 13.2 Å². The van der Waals surface area contributed by atoms with Gasteiger partial charge in [0.25, 0.3) is 0 Å². The number of nitrogens with zero attached hydrogens (tertiary/aromatic N) is 2. The summed E-state index contributed by atoms with van der Waals surface area (Å²) in [7, 11) is -3.52. The van der Waals surface area contributed by atoms with E-state index in [0.717, 1.165) is 29.2 Å². The standard InChI is InChI=1S/C12H14N4O3S3/c17-9(14-12-16-15-11(21-12)8-3-4-8)5-6-13-22(18,19)10-2-1-7-20-10/h1-2,7-8,13H,3-6H2,(H,14,16,17). The van der Waals surface area contributed by atoms with Crippen molar-refractivity contribution in [3.8, 4) is 0 Å². The first kappa shape index (κ1) is 15.5. The minimum Gasteiger partial charge on any atom is -0.300 e. The number of sulfonamides is 1. The number of rotatable bonds is 7. The van der Waals surface area contributed by atoms with E-state index in [0.29, 0.717) is 11.0 Å². The summed E-state index contributed by atoms with van der Waals surface area (Å²) in [5.41, 5.74) is 0. The van der Waals surface area contributed by atoms with Crippen molar-refractivity contribution in [3.05, 3.63) is 22.5 Å². The molecule has 2 N–H and O–H groups in total. The number of hydrogen-bond donors (Lipinski definition) is 2. The van der Waals surface area contributed by atoms with Gasteiger partial charge >= 0.3 is 0 Å². The van der Waals surface area contributed by atoms with Crippen LogP contribution in [0.1, 0.15) is 30.2 Å². The second kappa shape index (κ2) is 6.41. The molecule has 0 spiro atoms. The number of thiophene rings is 1. The number of anilines is 1. The molecule has 0 atom stereocenters. The lowest BCUT2D eigenvalue weighted by molar-refractivity contribution is -0.116. The van der Waals surface area contributed by atoms with Gasteiger partial charge in [-0.25, -0.2) is 13.1 Å². The molecule has 10 heteroatoms. The second-order valence-electron chi connectivity index (χ2n) is 4.85. The first-order chi connectivity index (χ1) is 10.5. The van der Waals surface area contributed by atoms with Crippen molar-refractivity contribution in [2.45, 2.75) is 29.4 Å². The van der Waals surface area contributed by atoms with Gasteiger partial charge in [0, 0.05) is 18.9 Å². The van der Waals surface area contributed by atoms with E-state index < -0.39 is 10.0 Å². The summed E-state index contributed by atoms with van der Waals surface area (Å²) in [4.78, 5) is 11.8. The molecule has 118 valence electrons. The molecule has 0 aromatic carbocycles. The quantitative estimate of drug-likeness (QED) is 0.786. The molecule has 22 heavy (non-hydrogen) atoms. The Morgan fingerprint density at radius 2 is 2.18 bits per heavy atom. The molecule has 0 unspecified atom stereocenters. The fourth-order valence-corrected chi connectivity index (χ4v) is 4.75. The Labute approximate surface area is 135 Å². The molecule has 0 bridgehead atoms. The third kappa shape index (κ3) is 3.88. The van der Waals surface area contributed by atoms with Crippen LogP contribution in [0.25, 0.3) is 0 Å². The Kier molecular flexibility index (Phi) is 4.52. The summed E-state index contributed by atoms with van der Waals surface area (Å²) in [5.74, 6) is 0.216. The van der Waals surface area contributed by atoms with Crippen molar-refractivity contribution in [2.24, 2.45) is 0 Å². The molecule has 1 fully saturated rings. The number of amides is 1. The molecular formula is C12H14N4O3S3. The second-order valence-corrected chi connectivity index (χ2v) is 8.80. The van der Waals surface area contributed by atoms with E-state index >= 15 is 0 Å². The molecule has 0 radical (unpaired) electrons. The van der Waals surface area contributed by atoms with Crippen molar-refractivity contribution >= 4 is 43.7 Å². The lowest BCUT2D eigenvalue weighted by Gasteiger charge is -2.04. The molecule has 0 aliphatic heterocycles. The van der Waals surface area contributed by atoms with Crippen LogP contribution in [0.2, 0.25) is 0 Å². The molecule has 1 aliphatic carbocycles. The van der Waals surface area contributed by atoms with Crippen molar-refractivity contribution < 1.29 is 13.2 Å². The first-order valence-corrected chi connectivity index (χ1v) is 9.89. The monoisotopic (exact) mass is 358 g/mol. The highest BCUT2D eigenvalue weighted by Crippen LogP contribution is 2.42. The smallest absolute Gasteiger partial charge is 0.250 e. The average molecular weight is 358 g/mol. The predicted molar refractivity (Wildman–Crippen MR) is 84.6 cm³/mol. The van der Waals surface area contributed by atoms with E-state index in [1.807, 2.05) is 0 Å². The van der Waals surface area contributed by atoms with E-state index in [1.165, 1.54) is 17.4 Å². The summed E-state index contributed by atoms with van der Waals surface area (Å²) >= 11 is 2.51. The minimum absolute atomic E-state index is 0.0420. The first-order valence-electron chi connectivity index (χ1n) is 6.71. The van der Waals surface area contributed by atoms with Crippen LogP contribution in [0, 0.1) is 0 Å². The molecular weight excluding hydrogens is 344 g/mol. The van der Waals surface area contributed by atoms with E-state index in [4.69, 9.17) is 0 Å². The Bertz CT molecular complexity index is 750. The molecule has 0 saturated heterocycles. The van der Waals surface area contributed by atoms with Crippen LogP contribution < -0.4 is 10.0 Å². The van der Waals surface area contributed by atoms with Crippen molar-refractivity contribution in [2.75, 3.05) is 11.9 Å². The lowest BCUT2D eigenvalue weighted by Crippen LogP contribution is -2.27. The molecule has 1 saturated carbocycles. The highest BCUT2D eigenvalue weighted by atomic mass is 32.2. The van der Waals surface area contributed by atoms with Crippen molar-refractivity contribution in [3.63, 3.8) is 0 Å². The summed E-state index contributed by atoms with van der Waals surface area (Å²) in [6.07, 6.45) is 2.31. The van der Waals surface area contributed by atoms with Gasteiger partial charge < -0.3 is 5.32 Å². The SMILES string of the molecule is O=C(CCNS(=O)(=O)c1cccs1)Nc1nnc(C2CC2)s1. The zero-order chi connectivity index (χ0) is 15.6. The summed E-state index contributed by atoms with van der Waals surface area (Å²) in [5, 5.41) is 13.7. The summed E-state index contributed by atoms with van der Waals surface area (Å²) < 4.78 is 26.4. The van der Waals surface area contributed by atoms with Crippen molar-refractivity contribution in [1.82, 2.24) is 14.9 Å². The van der Waals surface area contributed by atoms with Crippen LogP contribution in [0.4, 0.5) is 5.13 Å². The Morgan fingerprint density at radius 3 is 2.86 bits per heavy atom. The fraction of sp³-hybridized carbons (Fsp3) is 0.417. The topological polar surface area (TPSA) is 101 Å². The van der Waals surface area contributed by atoms with Gasteiger partial charge in [0.15, 0.2) is 0 Å². The highest BCUT2D eigenvalue weighted by molar-refractivity contribution is 7.91. The van der Waals surface area contributed by atoms with Crippen LogP contribution in [-0.4, -0.2) is 31.1 Å². The largest absolute Gasteiger partial charge is 0.300 e. The van der Waals surface area contributed by atoms with Gasteiger partial charge in [-0.05, 0) is 24.3 Å². The number of aromatic nitrogens is 2. The molecule has 1 aliphatic rings. The van der Waals surface area contributed by atoms with Gasteiger partial charge in [0.1, 0.15) is 9.22 Å². The van der Waals surface area contributed by atoms with Gasteiger partial charge in [0.05, 0.1) is 0 Å². The molecule has 3 rings (SSSR count). The third-order valence-corrected chi connectivity index (χ3v) is 6.88. The predicted octanol–water partition coefficient (Wildman–Crippen LogP) is 1.78. The Morgan fingerprint density at radius 1 is 1.36 bits per heavy atom. The van der Waals surface area contributed by atoms with Gasteiger partial charge in [-0.2, -0.15) is 0 Å². The number of hydrogen-bond acceptors (Lipinski definition) is 7. The highest BCUT2D eigenvalue weighted by Gasteiger charge is 2.27. The number of nitrogens with one attached hydrogen (secondary N) is 2. The van der Waals surface area contributed by atoms with Crippen molar-refractivity contribution in [1.29, 1.82) is 0 Å². The van der Waals surface area contributed by atoms with E-state index in [1.54, 1.807) is 11.4 Å². The zero-order valence-electron chi connectivity index (χ0n) is 11.5. The lowest BCUT2D eigenvalue weighted by atomic mass is 10.4. The van der Waals surface area contributed by atoms with Crippen LogP contribution in [-0.2, 0) is 14.8 Å². The zero-order valence-corrected chi connectivity index (χ0v) is 13.9. The minimum atomic E-state index is -3.52. The van der Waals surface area contributed by atoms with Crippen LogP contribution >= 0.6 is 22.7 Å². The van der Waals surface area contributed by atoms with Gasteiger partial charge in [0.2, 0.25) is 21.1 Å². The molecule has 2 heterocycles. The van der Waals surface area contributed by atoms with Gasteiger partial charge in [-0.15, -0.1) is 21.5 Å². The Hall–Kier alpha value is -1.36. The molecule has 7 nitrogen and oxygen atoms in total. The van der Waals surface area contributed by atoms with E-state index in [-0.39, 0.29) is 23.1 Å². The molecule has 2 aromatic rings. The third-order valence-electron chi connectivity index (χ3n) is 3.02. The number of carbonyl (C=O) groups is 1. The van der Waals surface area contributed by atoms with E-state index in [2.05, 4.69) is 20.2 Å². The number of carbonyl (C=O) groups excluding carboxylic acids is 1. The van der Waals surface area contributed by atoms with Crippen LogP contribution in [0.5, 0.6) is 0 Å².